The summed E-state index contributed by atoms with van der Waals surface area (Å²) in [6, 6.07) is 5.09. The molecule has 1 unspecified atom stereocenters. The fourth-order valence-corrected chi connectivity index (χ4v) is 2.85. The first kappa shape index (κ1) is 19.7. The van der Waals surface area contributed by atoms with E-state index in [9.17, 15) is 4.79 Å². The number of ether oxygens (including phenoxy) is 4. The third-order valence-corrected chi connectivity index (χ3v) is 4.14. The number of methoxy groups -OCH3 is 3. The van der Waals surface area contributed by atoms with Crippen LogP contribution < -0.4 is 19.5 Å². The minimum Gasteiger partial charge on any atom is -0.493 e. The first-order valence-electron chi connectivity index (χ1n) is 8.47. The summed E-state index contributed by atoms with van der Waals surface area (Å²) in [5, 5.41) is 11.7. The van der Waals surface area contributed by atoms with Crippen LogP contribution in [-0.2, 0) is 4.74 Å². The van der Waals surface area contributed by atoms with Crippen molar-refractivity contribution in [3.05, 3.63) is 12.1 Å². The van der Waals surface area contributed by atoms with Crippen molar-refractivity contribution < 1.29 is 23.7 Å². The van der Waals surface area contributed by atoms with Crippen molar-refractivity contribution in [2.45, 2.75) is 25.4 Å². The second-order valence-electron chi connectivity index (χ2n) is 5.83. The zero-order valence-corrected chi connectivity index (χ0v) is 15.4. The summed E-state index contributed by atoms with van der Waals surface area (Å²) in [7, 11) is 4.54. The molecular weight excluding hydrogens is 338 g/mol. The van der Waals surface area contributed by atoms with Gasteiger partial charge in [0.25, 0.3) is 0 Å². The Balaban J connectivity index is 2.15. The number of nitriles is 1. The molecule has 26 heavy (non-hydrogen) atoms. The molecule has 0 saturated carbocycles. The smallest absolute Gasteiger partial charge is 0.321 e. The lowest BCUT2D eigenvalue weighted by atomic mass is 10.2. The van der Waals surface area contributed by atoms with Crippen LogP contribution in [0.2, 0.25) is 0 Å². The van der Waals surface area contributed by atoms with E-state index in [2.05, 4.69) is 11.4 Å². The van der Waals surface area contributed by atoms with Crippen LogP contribution in [0.1, 0.15) is 19.3 Å². The number of nitrogens with one attached hydrogen (secondary N) is 1. The van der Waals surface area contributed by atoms with Crippen LogP contribution in [0, 0.1) is 11.3 Å². The first-order valence-corrected chi connectivity index (χ1v) is 8.47. The van der Waals surface area contributed by atoms with E-state index in [4.69, 9.17) is 24.2 Å². The fraction of sp³-hybridized carbons (Fsp3) is 0.556. The van der Waals surface area contributed by atoms with Gasteiger partial charge >= 0.3 is 6.03 Å². The van der Waals surface area contributed by atoms with Gasteiger partial charge in [0, 0.05) is 31.8 Å². The molecule has 2 amide bonds. The van der Waals surface area contributed by atoms with Gasteiger partial charge in [-0.25, -0.2) is 4.79 Å². The Hall–Kier alpha value is -2.66. The summed E-state index contributed by atoms with van der Waals surface area (Å²) >= 11 is 0. The molecule has 1 atom stereocenters. The van der Waals surface area contributed by atoms with Gasteiger partial charge in [-0.15, -0.1) is 0 Å². The highest BCUT2D eigenvalue weighted by atomic mass is 16.5. The molecule has 1 aromatic rings. The number of hydrogen-bond acceptors (Lipinski definition) is 6. The number of nitrogens with zero attached hydrogens (tertiary/aromatic N) is 2. The van der Waals surface area contributed by atoms with Gasteiger partial charge in [-0.1, -0.05) is 0 Å². The highest BCUT2D eigenvalue weighted by Crippen LogP contribution is 2.40. The number of carbonyl (C=O) groups excluding carboxylic acids is 1. The standard InChI is InChI=1S/C18H25N3O5/c1-23-15-10-13(11-16(24-2)17(15)25-3)20-18(22)21(8-5-7-19)12-14-6-4-9-26-14/h10-11,14H,4-6,8-9,12H2,1-3H3,(H,20,22). The summed E-state index contributed by atoms with van der Waals surface area (Å²) in [5.74, 6) is 1.35. The molecule has 142 valence electrons. The molecule has 0 aliphatic carbocycles. The normalized spacial score (nSPS) is 15.8. The highest BCUT2D eigenvalue weighted by molar-refractivity contribution is 5.90. The Morgan fingerprint density at radius 1 is 1.31 bits per heavy atom. The maximum atomic E-state index is 12.7. The van der Waals surface area contributed by atoms with E-state index >= 15 is 0 Å². The Bertz CT molecular complexity index is 628. The molecule has 1 saturated heterocycles. The van der Waals surface area contributed by atoms with Gasteiger partial charge in [0.2, 0.25) is 5.75 Å². The van der Waals surface area contributed by atoms with E-state index in [1.165, 1.54) is 21.3 Å². The number of urea groups is 1. The maximum absolute atomic E-state index is 12.7. The Morgan fingerprint density at radius 2 is 2.00 bits per heavy atom. The van der Waals surface area contributed by atoms with E-state index < -0.39 is 0 Å². The van der Waals surface area contributed by atoms with Crippen LogP contribution in [-0.4, -0.2) is 58.1 Å². The van der Waals surface area contributed by atoms with Crippen molar-refractivity contribution in [2.24, 2.45) is 0 Å². The molecule has 0 bridgehead atoms. The van der Waals surface area contributed by atoms with Crippen molar-refractivity contribution in [3.63, 3.8) is 0 Å². The Kier molecular flexibility index (Phi) is 7.36. The summed E-state index contributed by atoms with van der Waals surface area (Å²) in [5.41, 5.74) is 0.513. The lowest BCUT2D eigenvalue weighted by Crippen LogP contribution is -2.40. The molecule has 1 aliphatic rings. The Labute approximate surface area is 153 Å². The van der Waals surface area contributed by atoms with Gasteiger partial charge < -0.3 is 29.2 Å². The number of amides is 2. The second kappa shape index (κ2) is 9.73. The number of benzene rings is 1. The van der Waals surface area contributed by atoms with Gasteiger partial charge in [0.15, 0.2) is 11.5 Å². The van der Waals surface area contributed by atoms with Crippen LogP contribution in [0.15, 0.2) is 12.1 Å². The topological polar surface area (TPSA) is 93.1 Å². The zero-order valence-electron chi connectivity index (χ0n) is 15.4. The number of carbonyl (C=O) groups is 1. The first-order chi connectivity index (χ1) is 12.6. The van der Waals surface area contributed by atoms with Crippen molar-refractivity contribution in [3.8, 4) is 23.3 Å². The monoisotopic (exact) mass is 363 g/mol. The predicted octanol–water partition coefficient (Wildman–Crippen LogP) is 2.64. The molecule has 1 fully saturated rings. The van der Waals surface area contributed by atoms with Crippen LogP contribution in [0.4, 0.5) is 10.5 Å². The van der Waals surface area contributed by atoms with Gasteiger partial charge in [-0.2, -0.15) is 5.26 Å². The quantitative estimate of drug-likeness (QED) is 0.763. The average molecular weight is 363 g/mol. The van der Waals surface area contributed by atoms with Gasteiger partial charge in [0.05, 0.1) is 45.6 Å². The molecular formula is C18H25N3O5. The van der Waals surface area contributed by atoms with Crippen LogP contribution >= 0.6 is 0 Å². The maximum Gasteiger partial charge on any atom is 0.321 e. The number of rotatable bonds is 8. The van der Waals surface area contributed by atoms with Gasteiger partial charge in [0.1, 0.15) is 0 Å². The minimum absolute atomic E-state index is 0.0133. The molecule has 2 rings (SSSR count). The Morgan fingerprint density at radius 3 is 2.50 bits per heavy atom. The van der Waals surface area contributed by atoms with E-state index in [0.29, 0.717) is 42.6 Å². The third-order valence-electron chi connectivity index (χ3n) is 4.14. The molecule has 0 radical (unpaired) electrons. The largest absolute Gasteiger partial charge is 0.493 e. The second-order valence-corrected chi connectivity index (χ2v) is 5.83. The van der Waals surface area contributed by atoms with Crippen LogP contribution in [0.25, 0.3) is 0 Å². The van der Waals surface area contributed by atoms with Crippen LogP contribution in [0.5, 0.6) is 17.2 Å². The summed E-state index contributed by atoms with van der Waals surface area (Å²) in [4.78, 5) is 14.3. The van der Waals surface area contributed by atoms with Crippen molar-refractivity contribution in [1.82, 2.24) is 4.90 Å². The molecule has 1 aromatic carbocycles. The minimum atomic E-state index is -0.301. The SMILES string of the molecule is COc1cc(NC(=O)N(CCC#N)CC2CCCO2)cc(OC)c1OC. The molecule has 1 heterocycles. The predicted molar refractivity (Wildman–Crippen MR) is 95.9 cm³/mol. The fourth-order valence-electron chi connectivity index (χ4n) is 2.85. The van der Waals surface area contributed by atoms with Crippen molar-refractivity contribution in [2.75, 3.05) is 46.3 Å². The van der Waals surface area contributed by atoms with Crippen molar-refractivity contribution >= 4 is 11.7 Å². The van der Waals surface area contributed by atoms with Crippen molar-refractivity contribution in [1.29, 1.82) is 5.26 Å². The van der Waals surface area contributed by atoms with Gasteiger partial charge in [-0.3, -0.25) is 0 Å². The molecule has 0 spiro atoms. The van der Waals surface area contributed by atoms with E-state index in [-0.39, 0.29) is 18.6 Å². The summed E-state index contributed by atoms with van der Waals surface area (Å²) < 4.78 is 21.5. The molecule has 1 N–H and O–H groups in total. The molecule has 0 aromatic heterocycles. The molecule has 1 aliphatic heterocycles. The highest BCUT2D eigenvalue weighted by Gasteiger charge is 2.23. The van der Waals surface area contributed by atoms with Gasteiger partial charge in [-0.05, 0) is 12.8 Å². The summed E-state index contributed by atoms with van der Waals surface area (Å²) in [6.07, 6.45) is 2.18. The number of anilines is 1. The lowest BCUT2D eigenvalue weighted by molar-refractivity contribution is 0.0841. The number of hydrogen-bond donors (Lipinski definition) is 1. The average Bonchev–Trinajstić information content (AvgIpc) is 3.17. The van der Waals surface area contributed by atoms with E-state index in [1.807, 2.05) is 0 Å². The third kappa shape index (κ3) is 4.92. The molecule has 8 nitrogen and oxygen atoms in total. The lowest BCUT2D eigenvalue weighted by Gasteiger charge is -2.25. The van der Waals surface area contributed by atoms with E-state index in [1.54, 1.807) is 17.0 Å². The van der Waals surface area contributed by atoms with Crippen LogP contribution in [0.3, 0.4) is 0 Å². The summed E-state index contributed by atoms with van der Waals surface area (Å²) in [6.45, 7) is 1.51. The molecule has 8 heteroatoms. The zero-order chi connectivity index (χ0) is 18.9. The van der Waals surface area contributed by atoms with E-state index in [0.717, 1.165) is 12.8 Å².